The fourth-order valence-corrected chi connectivity index (χ4v) is 2.10. The van der Waals surface area contributed by atoms with E-state index >= 15 is 0 Å². The molecule has 0 aliphatic heterocycles. The highest BCUT2D eigenvalue weighted by Crippen LogP contribution is 2.14. The zero-order chi connectivity index (χ0) is 13.9. The van der Waals surface area contributed by atoms with Crippen molar-refractivity contribution in [2.24, 2.45) is 5.73 Å². The summed E-state index contributed by atoms with van der Waals surface area (Å²) in [4.78, 5) is 4.52. The normalized spacial score (nSPS) is 10.9. The van der Waals surface area contributed by atoms with Crippen LogP contribution in [0.5, 0.6) is 5.75 Å². The molecule has 3 rings (SSSR count). The second kappa shape index (κ2) is 5.30. The Hall–Kier alpha value is -2.40. The molecule has 0 saturated carbocycles. The van der Waals surface area contributed by atoms with Crippen molar-refractivity contribution in [2.75, 3.05) is 7.11 Å². The molecule has 0 unspecified atom stereocenters. The molecule has 2 aromatic heterocycles. The van der Waals surface area contributed by atoms with Crippen LogP contribution in [0, 0.1) is 0 Å². The lowest BCUT2D eigenvalue weighted by Gasteiger charge is -2.00. The molecule has 0 bridgehead atoms. The van der Waals surface area contributed by atoms with Crippen molar-refractivity contribution in [3.05, 3.63) is 59.5 Å². The van der Waals surface area contributed by atoms with E-state index in [1.807, 2.05) is 42.6 Å². The second-order valence-corrected chi connectivity index (χ2v) is 4.59. The van der Waals surface area contributed by atoms with Crippen LogP contribution < -0.4 is 10.5 Å². The van der Waals surface area contributed by atoms with Crippen molar-refractivity contribution in [3.63, 3.8) is 0 Å². The van der Waals surface area contributed by atoms with E-state index in [4.69, 9.17) is 10.5 Å². The SMILES string of the molecule is COc1ccc(Cc2nc3cc(CN)ccn3n2)cc1. The lowest BCUT2D eigenvalue weighted by atomic mass is 10.1. The Balaban J connectivity index is 1.86. The van der Waals surface area contributed by atoms with E-state index in [9.17, 15) is 0 Å². The van der Waals surface area contributed by atoms with Gasteiger partial charge in [-0.3, -0.25) is 0 Å². The van der Waals surface area contributed by atoms with E-state index in [2.05, 4.69) is 10.1 Å². The maximum atomic E-state index is 5.63. The first-order chi connectivity index (χ1) is 9.78. The van der Waals surface area contributed by atoms with Crippen LogP contribution in [-0.4, -0.2) is 21.7 Å². The Labute approximate surface area is 117 Å². The summed E-state index contributed by atoms with van der Waals surface area (Å²) in [5, 5.41) is 4.46. The third-order valence-corrected chi connectivity index (χ3v) is 3.20. The van der Waals surface area contributed by atoms with Gasteiger partial charge in [-0.05, 0) is 35.4 Å². The molecule has 2 heterocycles. The number of methoxy groups -OCH3 is 1. The predicted molar refractivity (Wildman–Crippen MR) is 76.7 cm³/mol. The van der Waals surface area contributed by atoms with Gasteiger partial charge in [-0.2, -0.15) is 5.10 Å². The molecular weight excluding hydrogens is 252 g/mol. The third-order valence-electron chi connectivity index (χ3n) is 3.20. The van der Waals surface area contributed by atoms with E-state index in [-0.39, 0.29) is 0 Å². The highest BCUT2D eigenvalue weighted by molar-refractivity contribution is 5.41. The highest BCUT2D eigenvalue weighted by Gasteiger charge is 2.05. The van der Waals surface area contributed by atoms with Crippen LogP contribution in [0.4, 0.5) is 0 Å². The molecule has 0 spiro atoms. The molecule has 5 heteroatoms. The second-order valence-electron chi connectivity index (χ2n) is 4.59. The number of hydrogen-bond donors (Lipinski definition) is 1. The van der Waals surface area contributed by atoms with Crippen LogP contribution >= 0.6 is 0 Å². The molecule has 3 aromatic rings. The maximum absolute atomic E-state index is 5.63. The largest absolute Gasteiger partial charge is 0.497 e. The fourth-order valence-electron chi connectivity index (χ4n) is 2.10. The molecule has 102 valence electrons. The van der Waals surface area contributed by atoms with E-state index in [0.29, 0.717) is 13.0 Å². The number of ether oxygens (including phenoxy) is 1. The summed E-state index contributed by atoms with van der Waals surface area (Å²) < 4.78 is 6.92. The molecular formula is C15H16N4O. The first-order valence-electron chi connectivity index (χ1n) is 6.45. The van der Waals surface area contributed by atoms with Gasteiger partial charge >= 0.3 is 0 Å². The molecule has 0 radical (unpaired) electrons. The summed E-state index contributed by atoms with van der Waals surface area (Å²) in [6.45, 7) is 0.511. The Kier molecular flexibility index (Phi) is 3.35. The molecule has 5 nitrogen and oxygen atoms in total. The van der Waals surface area contributed by atoms with Gasteiger partial charge in [-0.15, -0.1) is 0 Å². The lowest BCUT2D eigenvalue weighted by molar-refractivity contribution is 0.414. The van der Waals surface area contributed by atoms with Gasteiger partial charge in [0.2, 0.25) is 0 Å². The molecule has 0 saturated heterocycles. The fraction of sp³-hybridized carbons (Fsp3) is 0.200. The summed E-state index contributed by atoms with van der Waals surface area (Å²) >= 11 is 0. The Morgan fingerprint density at radius 2 is 1.95 bits per heavy atom. The Morgan fingerprint density at radius 1 is 1.15 bits per heavy atom. The van der Waals surface area contributed by atoms with Crippen molar-refractivity contribution >= 4 is 5.65 Å². The minimum atomic E-state index is 0.511. The first-order valence-corrected chi connectivity index (χ1v) is 6.45. The van der Waals surface area contributed by atoms with E-state index in [1.165, 1.54) is 0 Å². The number of fused-ring (bicyclic) bond motifs is 1. The number of nitrogens with two attached hydrogens (primary N) is 1. The average molecular weight is 268 g/mol. The quantitative estimate of drug-likeness (QED) is 0.783. The van der Waals surface area contributed by atoms with Crippen molar-refractivity contribution in [1.29, 1.82) is 0 Å². The van der Waals surface area contributed by atoms with Gasteiger partial charge in [0.05, 0.1) is 7.11 Å². The van der Waals surface area contributed by atoms with Crippen LogP contribution in [0.15, 0.2) is 42.6 Å². The smallest absolute Gasteiger partial charge is 0.156 e. The number of hydrogen-bond acceptors (Lipinski definition) is 4. The summed E-state index contributed by atoms with van der Waals surface area (Å²) in [6, 6.07) is 11.9. The van der Waals surface area contributed by atoms with Crippen LogP contribution in [-0.2, 0) is 13.0 Å². The van der Waals surface area contributed by atoms with Crippen molar-refractivity contribution in [1.82, 2.24) is 14.6 Å². The number of rotatable bonds is 4. The van der Waals surface area contributed by atoms with Gasteiger partial charge in [-0.1, -0.05) is 12.1 Å². The molecule has 0 amide bonds. The molecule has 1 aromatic carbocycles. The number of nitrogens with zero attached hydrogens (tertiary/aromatic N) is 3. The van der Waals surface area contributed by atoms with Crippen LogP contribution in [0.3, 0.4) is 0 Å². The van der Waals surface area contributed by atoms with Gasteiger partial charge < -0.3 is 10.5 Å². The van der Waals surface area contributed by atoms with Gasteiger partial charge in [0.1, 0.15) is 5.75 Å². The van der Waals surface area contributed by atoms with Crippen LogP contribution in [0.1, 0.15) is 17.0 Å². The summed E-state index contributed by atoms with van der Waals surface area (Å²) in [7, 11) is 1.66. The summed E-state index contributed by atoms with van der Waals surface area (Å²) in [6.07, 6.45) is 2.59. The van der Waals surface area contributed by atoms with Crippen molar-refractivity contribution < 1.29 is 4.74 Å². The van der Waals surface area contributed by atoms with Gasteiger partial charge in [-0.25, -0.2) is 9.50 Å². The highest BCUT2D eigenvalue weighted by atomic mass is 16.5. The number of aromatic nitrogens is 3. The molecule has 2 N–H and O–H groups in total. The van der Waals surface area contributed by atoms with Crippen molar-refractivity contribution in [2.45, 2.75) is 13.0 Å². The van der Waals surface area contributed by atoms with Gasteiger partial charge in [0, 0.05) is 19.2 Å². The number of pyridine rings is 1. The number of benzene rings is 1. The standard InChI is InChI=1S/C15H16N4O/c1-20-13-4-2-11(3-5-13)8-14-17-15-9-12(10-16)6-7-19(15)18-14/h2-7,9H,8,10,16H2,1H3. The monoisotopic (exact) mass is 268 g/mol. The topological polar surface area (TPSA) is 65.4 Å². The predicted octanol–water partition coefficient (Wildman–Crippen LogP) is 1.79. The summed E-state index contributed by atoms with van der Waals surface area (Å²) in [5.41, 5.74) is 8.67. The van der Waals surface area contributed by atoms with Gasteiger partial charge in [0.15, 0.2) is 11.5 Å². The van der Waals surface area contributed by atoms with Crippen LogP contribution in [0.2, 0.25) is 0 Å². The first kappa shape index (κ1) is 12.6. The lowest BCUT2D eigenvalue weighted by Crippen LogP contribution is -1.97. The Bertz CT molecular complexity index is 718. The van der Waals surface area contributed by atoms with E-state index in [1.54, 1.807) is 11.6 Å². The third kappa shape index (κ3) is 2.48. The Morgan fingerprint density at radius 3 is 2.65 bits per heavy atom. The van der Waals surface area contributed by atoms with Gasteiger partial charge in [0.25, 0.3) is 0 Å². The minimum Gasteiger partial charge on any atom is -0.497 e. The molecule has 0 fully saturated rings. The minimum absolute atomic E-state index is 0.511. The van der Waals surface area contributed by atoms with E-state index < -0.39 is 0 Å². The summed E-state index contributed by atoms with van der Waals surface area (Å²) in [5.74, 6) is 1.65. The zero-order valence-electron chi connectivity index (χ0n) is 11.3. The van der Waals surface area contributed by atoms with E-state index in [0.717, 1.165) is 28.3 Å². The zero-order valence-corrected chi connectivity index (χ0v) is 11.3. The van der Waals surface area contributed by atoms with Crippen LogP contribution in [0.25, 0.3) is 5.65 Å². The average Bonchev–Trinajstić information content (AvgIpc) is 2.89. The maximum Gasteiger partial charge on any atom is 0.156 e. The molecule has 0 atom stereocenters. The molecule has 0 aliphatic carbocycles. The van der Waals surface area contributed by atoms with Crippen molar-refractivity contribution in [3.8, 4) is 5.75 Å². The molecule has 0 aliphatic rings. The molecule has 20 heavy (non-hydrogen) atoms.